The molecule has 1 saturated carbocycles. The van der Waals surface area contributed by atoms with Gasteiger partial charge in [0.15, 0.2) is 11.3 Å². The highest BCUT2D eigenvalue weighted by molar-refractivity contribution is 5.68. The summed E-state index contributed by atoms with van der Waals surface area (Å²) in [7, 11) is 0. The molecule has 17 heavy (non-hydrogen) atoms. The number of fused-ring (bicyclic) bond motifs is 1. The van der Waals surface area contributed by atoms with Crippen molar-refractivity contribution in [3.8, 4) is 0 Å². The lowest BCUT2D eigenvalue weighted by Crippen LogP contribution is -2.34. The van der Waals surface area contributed by atoms with E-state index >= 15 is 0 Å². The zero-order chi connectivity index (χ0) is 12.8. The molecule has 1 aliphatic carbocycles. The molecule has 0 aromatic carbocycles. The van der Waals surface area contributed by atoms with Crippen LogP contribution in [-0.4, -0.2) is 42.0 Å². The maximum atomic E-state index is 14.5. The van der Waals surface area contributed by atoms with Crippen LogP contribution in [-0.2, 0) is 23.8 Å². The normalized spacial score (nSPS) is 42.8. The highest BCUT2D eigenvalue weighted by atomic mass is 19.1. The van der Waals surface area contributed by atoms with Crippen LogP contribution in [0.3, 0.4) is 0 Å². The molecule has 2 fully saturated rings. The predicted molar refractivity (Wildman–Crippen MR) is 53.9 cm³/mol. The zero-order valence-electron chi connectivity index (χ0n) is 9.99. The molecule has 2 unspecified atom stereocenters. The summed E-state index contributed by atoms with van der Waals surface area (Å²) in [4.78, 5) is 21.6. The SMILES string of the molecule is CC(=O)OC[C@H]1OC(C)C2(OC(C)=O)C[C@@]12F. The molecule has 0 bridgehead atoms. The number of carbonyl (C=O) groups excluding carboxylic acids is 2. The fourth-order valence-electron chi connectivity index (χ4n) is 2.49. The maximum Gasteiger partial charge on any atom is 0.303 e. The van der Waals surface area contributed by atoms with Gasteiger partial charge in [-0.15, -0.1) is 0 Å². The van der Waals surface area contributed by atoms with Gasteiger partial charge in [0.1, 0.15) is 12.7 Å². The highest BCUT2D eigenvalue weighted by Gasteiger charge is 2.83. The van der Waals surface area contributed by atoms with Crippen molar-refractivity contribution < 1.29 is 28.2 Å². The molecule has 1 saturated heterocycles. The minimum atomic E-state index is -1.73. The van der Waals surface area contributed by atoms with Gasteiger partial charge < -0.3 is 14.2 Å². The first kappa shape index (κ1) is 12.3. The Morgan fingerprint density at radius 3 is 2.53 bits per heavy atom. The molecular weight excluding hydrogens is 231 g/mol. The van der Waals surface area contributed by atoms with Crippen LogP contribution in [0.5, 0.6) is 0 Å². The summed E-state index contributed by atoms with van der Waals surface area (Å²) in [6, 6.07) is 0. The molecule has 0 aromatic rings. The third-order valence-electron chi connectivity index (χ3n) is 3.40. The van der Waals surface area contributed by atoms with Crippen molar-refractivity contribution in [2.75, 3.05) is 6.61 Å². The van der Waals surface area contributed by atoms with Gasteiger partial charge in [-0.05, 0) is 6.92 Å². The Morgan fingerprint density at radius 1 is 1.41 bits per heavy atom. The van der Waals surface area contributed by atoms with Gasteiger partial charge in [-0.3, -0.25) is 9.59 Å². The molecule has 96 valence electrons. The quantitative estimate of drug-likeness (QED) is 0.688. The monoisotopic (exact) mass is 246 g/mol. The number of hydrogen-bond acceptors (Lipinski definition) is 5. The van der Waals surface area contributed by atoms with E-state index in [1.807, 2.05) is 0 Å². The molecule has 0 radical (unpaired) electrons. The molecule has 0 N–H and O–H groups in total. The van der Waals surface area contributed by atoms with Crippen molar-refractivity contribution in [3.63, 3.8) is 0 Å². The van der Waals surface area contributed by atoms with Crippen molar-refractivity contribution in [1.82, 2.24) is 0 Å². The standard InChI is InChI=1S/C11H15FO5/c1-6-11(17-8(3)14)5-10(11,12)9(16-6)4-15-7(2)13/h6,9H,4-5H2,1-3H3/t6?,9-,10-,11?/m1/s1. The summed E-state index contributed by atoms with van der Waals surface area (Å²) >= 11 is 0. The number of rotatable bonds is 3. The molecular formula is C11H15FO5. The van der Waals surface area contributed by atoms with Gasteiger partial charge in [0.05, 0.1) is 6.10 Å². The summed E-state index contributed by atoms with van der Waals surface area (Å²) in [5, 5.41) is 0. The van der Waals surface area contributed by atoms with E-state index in [1.165, 1.54) is 13.8 Å². The van der Waals surface area contributed by atoms with Gasteiger partial charge in [0.2, 0.25) is 0 Å². The molecule has 5 nitrogen and oxygen atoms in total. The Hall–Kier alpha value is -1.17. The van der Waals surface area contributed by atoms with Crippen LogP contribution in [0, 0.1) is 0 Å². The summed E-state index contributed by atoms with van der Waals surface area (Å²) < 4.78 is 29.6. The second-order valence-electron chi connectivity index (χ2n) is 4.59. The minimum Gasteiger partial charge on any atom is -0.463 e. The smallest absolute Gasteiger partial charge is 0.303 e. The fraction of sp³-hybridized carbons (Fsp3) is 0.818. The summed E-state index contributed by atoms with van der Waals surface area (Å²) in [6.45, 7) is 3.98. The van der Waals surface area contributed by atoms with Gasteiger partial charge in [-0.2, -0.15) is 0 Å². The second kappa shape index (κ2) is 3.66. The van der Waals surface area contributed by atoms with E-state index < -0.39 is 35.4 Å². The van der Waals surface area contributed by atoms with E-state index in [4.69, 9.17) is 14.2 Å². The summed E-state index contributed by atoms with van der Waals surface area (Å²) in [5.74, 6) is -1.02. The van der Waals surface area contributed by atoms with Gasteiger partial charge in [-0.1, -0.05) is 0 Å². The van der Waals surface area contributed by atoms with E-state index in [0.717, 1.165) is 0 Å². The molecule has 0 amide bonds. The van der Waals surface area contributed by atoms with Gasteiger partial charge in [0, 0.05) is 20.3 Å². The number of carbonyl (C=O) groups is 2. The van der Waals surface area contributed by atoms with Crippen LogP contribution in [0.2, 0.25) is 0 Å². The third kappa shape index (κ3) is 1.71. The Bertz CT molecular complexity index is 371. The molecule has 4 atom stereocenters. The lowest BCUT2D eigenvalue weighted by Gasteiger charge is -2.17. The summed E-state index contributed by atoms with van der Waals surface area (Å²) in [5.41, 5.74) is -2.92. The Labute approximate surface area is 98.2 Å². The zero-order valence-corrected chi connectivity index (χ0v) is 9.99. The summed E-state index contributed by atoms with van der Waals surface area (Å²) in [6.07, 6.45) is -1.29. The van der Waals surface area contributed by atoms with Gasteiger partial charge in [-0.25, -0.2) is 4.39 Å². The molecule has 2 aliphatic rings. The van der Waals surface area contributed by atoms with Crippen LogP contribution in [0.25, 0.3) is 0 Å². The average molecular weight is 246 g/mol. The van der Waals surface area contributed by atoms with E-state index in [0.29, 0.717) is 0 Å². The van der Waals surface area contributed by atoms with Crippen LogP contribution in [0.1, 0.15) is 27.2 Å². The van der Waals surface area contributed by atoms with E-state index in [9.17, 15) is 14.0 Å². The number of ether oxygens (including phenoxy) is 3. The maximum absolute atomic E-state index is 14.5. The average Bonchev–Trinajstić information content (AvgIpc) is 2.72. The molecule has 1 heterocycles. The number of hydrogen-bond donors (Lipinski definition) is 0. The fourth-order valence-corrected chi connectivity index (χ4v) is 2.49. The number of halogens is 1. The molecule has 0 spiro atoms. The first-order valence-corrected chi connectivity index (χ1v) is 5.49. The van der Waals surface area contributed by atoms with Crippen molar-refractivity contribution in [1.29, 1.82) is 0 Å². The van der Waals surface area contributed by atoms with Crippen molar-refractivity contribution in [2.24, 2.45) is 0 Å². The Morgan fingerprint density at radius 2 is 2.06 bits per heavy atom. The lowest BCUT2D eigenvalue weighted by molar-refractivity contribution is -0.154. The van der Waals surface area contributed by atoms with Crippen molar-refractivity contribution in [2.45, 2.75) is 50.7 Å². The molecule has 1 aliphatic heterocycles. The minimum absolute atomic E-state index is 0.104. The topological polar surface area (TPSA) is 61.8 Å². The molecule has 2 rings (SSSR count). The number of alkyl halides is 1. The van der Waals surface area contributed by atoms with E-state index in [1.54, 1.807) is 6.92 Å². The highest BCUT2D eigenvalue weighted by Crippen LogP contribution is 2.64. The Kier molecular flexibility index (Phi) is 2.65. The molecule has 6 heteroatoms. The van der Waals surface area contributed by atoms with Crippen molar-refractivity contribution >= 4 is 11.9 Å². The van der Waals surface area contributed by atoms with E-state index in [2.05, 4.69) is 0 Å². The van der Waals surface area contributed by atoms with Crippen molar-refractivity contribution in [3.05, 3.63) is 0 Å². The Balaban J connectivity index is 2.06. The van der Waals surface area contributed by atoms with Crippen LogP contribution in [0.15, 0.2) is 0 Å². The third-order valence-corrected chi connectivity index (χ3v) is 3.40. The predicted octanol–water partition coefficient (Wildman–Crippen LogP) is 0.751. The lowest BCUT2D eigenvalue weighted by atomic mass is 10.1. The first-order valence-electron chi connectivity index (χ1n) is 5.49. The van der Waals surface area contributed by atoms with Crippen LogP contribution >= 0.6 is 0 Å². The van der Waals surface area contributed by atoms with Crippen LogP contribution in [0.4, 0.5) is 4.39 Å². The van der Waals surface area contributed by atoms with Crippen LogP contribution < -0.4 is 0 Å². The molecule has 0 aromatic heterocycles. The van der Waals surface area contributed by atoms with E-state index in [-0.39, 0.29) is 13.0 Å². The largest absolute Gasteiger partial charge is 0.463 e. The van der Waals surface area contributed by atoms with Gasteiger partial charge >= 0.3 is 11.9 Å². The van der Waals surface area contributed by atoms with Gasteiger partial charge in [0.25, 0.3) is 0 Å². The first-order chi connectivity index (χ1) is 7.82. The second-order valence-corrected chi connectivity index (χ2v) is 4.59. The number of esters is 2.